The second-order valence-corrected chi connectivity index (χ2v) is 7.22. The molecule has 0 aliphatic carbocycles. The molecule has 0 unspecified atom stereocenters. The Morgan fingerprint density at radius 2 is 2.00 bits per heavy atom. The molecule has 3 N–H and O–H groups in total. The van der Waals surface area contributed by atoms with Crippen LogP contribution in [0.15, 0.2) is 52.7 Å². The highest BCUT2D eigenvalue weighted by molar-refractivity contribution is 7.14. The lowest BCUT2D eigenvalue weighted by atomic mass is 10.2. The number of para-hydroxylation sites is 1. The van der Waals surface area contributed by atoms with Gasteiger partial charge in [-0.2, -0.15) is 11.3 Å². The summed E-state index contributed by atoms with van der Waals surface area (Å²) >= 11 is 3.10. The average molecular weight is 382 g/mol. The van der Waals surface area contributed by atoms with Gasteiger partial charge in [-0.25, -0.2) is 4.98 Å². The zero-order valence-electron chi connectivity index (χ0n) is 13.5. The first-order chi connectivity index (χ1) is 12.7. The topological polar surface area (TPSA) is 86.9 Å². The zero-order valence-corrected chi connectivity index (χ0v) is 15.1. The number of hydrogen-bond donors (Lipinski definition) is 3. The van der Waals surface area contributed by atoms with E-state index in [0.717, 1.165) is 21.5 Å². The number of thiophene rings is 1. The fourth-order valence-electron chi connectivity index (χ4n) is 2.57. The van der Waals surface area contributed by atoms with Gasteiger partial charge >= 0.3 is 0 Å². The molecule has 130 valence electrons. The van der Waals surface area contributed by atoms with Gasteiger partial charge in [0.15, 0.2) is 0 Å². The maximum Gasteiger partial charge on any atom is 0.271 e. The molecule has 6 nitrogen and oxygen atoms in total. The minimum absolute atomic E-state index is 0.106. The summed E-state index contributed by atoms with van der Waals surface area (Å²) in [6.07, 6.45) is 1.73. The number of amides is 2. The Bertz CT molecular complexity index is 1070. The SMILES string of the molecule is O=C(Cc1csc(-c2ccsc2)n1)NNC(=O)c1c[nH]c2ccccc12. The third-order valence-electron chi connectivity index (χ3n) is 3.81. The molecule has 3 heterocycles. The predicted molar refractivity (Wildman–Crippen MR) is 103 cm³/mol. The molecule has 4 aromatic rings. The number of H-pyrrole nitrogens is 1. The van der Waals surface area contributed by atoms with Crippen LogP contribution < -0.4 is 10.9 Å². The number of carbonyl (C=O) groups excluding carboxylic acids is 2. The van der Waals surface area contributed by atoms with E-state index in [9.17, 15) is 9.59 Å². The standard InChI is InChI=1S/C18H14N4O2S2/c23-16(7-12-10-26-18(20-12)11-5-6-25-9-11)21-22-17(24)14-8-19-15-4-2-1-3-13(14)15/h1-6,8-10,19H,7H2,(H,21,23)(H,22,24). The van der Waals surface area contributed by atoms with Gasteiger partial charge in [0.1, 0.15) is 5.01 Å². The van der Waals surface area contributed by atoms with Crippen molar-refractivity contribution in [3.8, 4) is 10.6 Å². The van der Waals surface area contributed by atoms with E-state index in [-0.39, 0.29) is 18.2 Å². The quantitative estimate of drug-likeness (QED) is 0.473. The maximum absolute atomic E-state index is 12.3. The Balaban J connectivity index is 1.36. The number of hydrogen-bond acceptors (Lipinski definition) is 5. The number of thiazole rings is 1. The summed E-state index contributed by atoms with van der Waals surface area (Å²) in [5.41, 5.74) is 7.97. The zero-order chi connectivity index (χ0) is 17.9. The number of aromatic amines is 1. The highest BCUT2D eigenvalue weighted by Crippen LogP contribution is 2.25. The van der Waals surface area contributed by atoms with Crippen molar-refractivity contribution >= 4 is 45.4 Å². The van der Waals surface area contributed by atoms with Gasteiger partial charge < -0.3 is 4.98 Å². The molecule has 0 radical (unpaired) electrons. The Morgan fingerprint density at radius 1 is 1.12 bits per heavy atom. The number of aromatic nitrogens is 2. The Morgan fingerprint density at radius 3 is 2.85 bits per heavy atom. The molecule has 2 amide bonds. The highest BCUT2D eigenvalue weighted by Gasteiger charge is 2.13. The molecule has 0 atom stereocenters. The number of fused-ring (bicyclic) bond motifs is 1. The van der Waals surface area contributed by atoms with Crippen LogP contribution in [0.25, 0.3) is 21.5 Å². The lowest BCUT2D eigenvalue weighted by molar-refractivity contribution is -0.121. The molecule has 0 bridgehead atoms. The molecule has 0 fully saturated rings. The normalized spacial score (nSPS) is 10.8. The summed E-state index contributed by atoms with van der Waals surface area (Å²) in [5, 5.41) is 7.55. The fraction of sp³-hybridized carbons (Fsp3) is 0.0556. The van der Waals surface area contributed by atoms with Crippen molar-refractivity contribution in [1.29, 1.82) is 0 Å². The van der Waals surface area contributed by atoms with Crippen LogP contribution in [0, 0.1) is 0 Å². The fourth-order valence-corrected chi connectivity index (χ4v) is 4.10. The van der Waals surface area contributed by atoms with Crippen LogP contribution >= 0.6 is 22.7 Å². The predicted octanol–water partition coefficient (Wildman–Crippen LogP) is 3.36. The van der Waals surface area contributed by atoms with Crippen LogP contribution in [0.2, 0.25) is 0 Å². The molecular weight excluding hydrogens is 368 g/mol. The third-order valence-corrected chi connectivity index (χ3v) is 5.43. The molecular formula is C18H14N4O2S2. The Hall–Kier alpha value is -2.97. The molecule has 4 rings (SSSR count). The van der Waals surface area contributed by atoms with E-state index in [2.05, 4.69) is 20.8 Å². The maximum atomic E-state index is 12.3. The van der Waals surface area contributed by atoms with Gasteiger partial charge in [-0.05, 0) is 17.5 Å². The van der Waals surface area contributed by atoms with Crippen molar-refractivity contribution in [3.63, 3.8) is 0 Å². The van der Waals surface area contributed by atoms with Crippen LogP contribution in [-0.4, -0.2) is 21.8 Å². The second kappa shape index (κ2) is 7.11. The number of benzene rings is 1. The lowest BCUT2D eigenvalue weighted by Crippen LogP contribution is -2.42. The number of rotatable bonds is 4. The van der Waals surface area contributed by atoms with Crippen molar-refractivity contribution in [3.05, 3.63) is 63.9 Å². The van der Waals surface area contributed by atoms with Crippen molar-refractivity contribution in [1.82, 2.24) is 20.8 Å². The summed E-state index contributed by atoms with van der Waals surface area (Å²) in [7, 11) is 0. The summed E-state index contributed by atoms with van der Waals surface area (Å²) in [6, 6.07) is 9.48. The summed E-state index contributed by atoms with van der Waals surface area (Å²) in [5.74, 6) is -0.687. The van der Waals surface area contributed by atoms with E-state index in [4.69, 9.17) is 0 Å². The van der Waals surface area contributed by atoms with Gasteiger partial charge in [-0.3, -0.25) is 20.4 Å². The first-order valence-corrected chi connectivity index (χ1v) is 9.65. The summed E-state index contributed by atoms with van der Waals surface area (Å²) < 4.78 is 0. The summed E-state index contributed by atoms with van der Waals surface area (Å²) in [4.78, 5) is 31.8. The number of nitrogens with zero attached hydrogens (tertiary/aromatic N) is 1. The van der Waals surface area contributed by atoms with E-state index in [1.165, 1.54) is 11.3 Å². The van der Waals surface area contributed by atoms with Crippen LogP contribution in [0.1, 0.15) is 16.1 Å². The molecule has 0 aliphatic heterocycles. The second-order valence-electron chi connectivity index (χ2n) is 5.58. The Kier molecular flexibility index (Phi) is 4.51. The van der Waals surface area contributed by atoms with Crippen LogP contribution in [0.4, 0.5) is 0 Å². The first-order valence-electron chi connectivity index (χ1n) is 7.83. The summed E-state index contributed by atoms with van der Waals surface area (Å²) in [6.45, 7) is 0. The van der Waals surface area contributed by atoms with E-state index in [1.54, 1.807) is 17.5 Å². The molecule has 0 aliphatic rings. The average Bonchev–Trinajstić information content (AvgIpc) is 3.39. The molecule has 0 saturated carbocycles. The third kappa shape index (κ3) is 3.37. The monoisotopic (exact) mass is 382 g/mol. The molecule has 0 saturated heterocycles. The number of carbonyl (C=O) groups is 2. The van der Waals surface area contributed by atoms with Crippen molar-refractivity contribution in [2.24, 2.45) is 0 Å². The van der Waals surface area contributed by atoms with Gasteiger partial charge in [0, 0.05) is 33.4 Å². The van der Waals surface area contributed by atoms with E-state index in [1.807, 2.05) is 46.5 Å². The van der Waals surface area contributed by atoms with E-state index in [0.29, 0.717) is 11.3 Å². The lowest BCUT2D eigenvalue weighted by Gasteiger charge is -2.05. The van der Waals surface area contributed by atoms with Gasteiger partial charge in [-0.1, -0.05) is 18.2 Å². The smallest absolute Gasteiger partial charge is 0.271 e. The number of hydrazine groups is 1. The van der Waals surface area contributed by atoms with Gasteiger partial charge in [0.05, 0.1) is 17.7 Å². The van der Waals surface area contributed by atoms with E-state index < -0.39 is 0 Å². The van der Waals surface area contributed by atoms with Crippen molar-refractivity contribution in [2.75, 3.05) is 0 Å². The van der Waals surface area contributed by atoms with Crippen molar-refractivity contribution in [2.45, 2.75) is 6.42 Å². The molecule has 0 spiro atoms. The minimum atomic E-state index is -0.368. The van der Waals surface area contributed by atoms with Crippen molar-refractivity contribution < 1.29 is 9.59 Å². The number of nitrogens with one attached hydrogen (secondary N) is 3. The first kappa shape index (κ1) is 16.5. The van der Waals surface area contributed by atoms with Crippen LogP contribution in [0.3, 0.4) is 0 Å². The highest BCUT2D eigenvalue weighted by atomic mass is 32.1. The molecule has 1 aromatic carbocycles. The van der Waals surface area contributed by atoms with Crippen LogP contribution in [-0.2, 0) is 11.2 Å². The van der Waals surface area contributed by atoms with Gasteiger partial charge in [-0.15, -0.1) is 11.3 Å². The van der Waals surface area contributed by atoms with Crippen LogP contribution in [0.5, 0.6) is 0 Å². The minimum Gasteiger partial charge on any atom is -0.360 e. The van der Waals surface area contributed by atoms with E-state index >= 15 is 0 Å². The molecule has 26 heavy (non-hydrogen) atoms. The van der Waals surface area contributed by atoms with Gasteiger partial charge in [0.25, 0.3) is 5.91 Å². The largest absolute Gasteiger partial charge is 0.360 e. The Labute approximate surface area is 156 Å². The molecule has 8 heteroatoms. The molecule has 3 aromatic heterocycles. The van der Waals surface area contributed by atoms with Gasteiger partial charge in [0.2, 0.25) is 5.91 Å².